The highest BCUT2D eigenvalue weighted by Crippen LogP contribution is 2.35. The summed E-state index contributed by atoms with van der Waals surface area (Å²) in [6, 6.07) is 4.01. The van der Waals surface area contributed by atoms with Gasteiger partial charge in [-0.15, -0.1) is 0 Å². The number of halogens is 2. The Morgan fingerprint density at radius 2 is 1.79 bits per heavy atom. The van der Waals surface area contributed by atoms with Crippen molar-refractivity contribution in [2.45, 2.75) is 4.90 Å². The lowest BCUT2D eigenvalue weighted by molar-refractivity contribution is 0.385. The summed E-state index contributed by atoms with van der Waals surface area (Å²) in [6.07, 6.45) is 3.87. The number of pyridine rings is 3. The molecule has 0 fully saturated rings. The highest BCUT2D eigenvalue weighted by molar-refractivity contribution is 7.92. The maximum Gasteiger partial charge on any atom is 0.268 e. The molecule has 14 heteroatoms. The van der Waals surface area contributed by atoms with Crippen LogP contribution in [0.25, 0.3) is 22.2 Å². The molecule has 0 radical (unpaired) electrons. The molecule has 170 valence electrons. The van der Waals surface area contributed by atoms with E-state index in [1.54, 1.807) is 6.07 Å². The third kappa shape index (κ3) is 4.27. The molecule has 0 aliphatic carbocycles. The summed E-state index contributed by atoms with van der Waals surface area (Å²) >= 11 is 5.87. The first-order chi connectivity index (χ1) is 15.7. The second kappa shape index (κ2) is 8.60. The van der Waals surface area contributed by atoms with Crippen LogP contribution < -0.4 is 19.9 Å². The van der Waals surface area contributed by atoms with Gasteiger partial charge in [-0.1, -0.05) is 11.6 Å². The summed E-state index contributed by atoms with van der Waals surface area (Å²) in [5, 5.41) is 0.515. The predicted molar refractivity (Wildman–Crippen MR) is 118 cm³/mol. The van der Waals surface area contributed by atoms with Crippen LogP contribution in [-0.2, 0) is 10.0 Å². The molecule has 0 aromatic carbocycles. The fraction of sp³-hybridized carbons (Fsp3) is 0.105. The van der Waals surface area contributed by atoms with E-state index in [1.807, 2.05) is 0 Å². The van der Waals surface area contributed by atoms with E-state index in [0.29, 0.717) is 5.39 Å². The van der Waals surface area contributed by atoms with Crippen molar-refractivity contribution in [3.8, 4) is 22.9 Å². The first-order valence-electron chi connectivity index (χ1n) is 9.08. The number of hydrogen-bond donors (Lipinski definition) is 2. The largest absolute Gasteiger partial charge is 0.480 e. The number of nitrogens with two attached hydrogens (primary N) is 1. The molecule has 4 heterocycles. The minimum Gasteiger partial charge on any atom is -0.480 e. The van der Waals surface area contributed by atoms with Gasteiger partial charge in [0, 0.05) is 35.1 Å². The summed E-state index contributed by atoms with van der Waals surface area (Å²) in [5.74, 6) is -1.69. The first kappa shape index (κ1) is 22.4. The normalized spacial score (nSPS) is 11.4. The third-order valence-corrected chi connectivity index (χ3v) is 5.96. The number of nitrogens with one attached hydrogen (secondary N) is 1. The van der Waals surface area contributed by atoms with E-state index in [-0.39, 0.29) is 44.4 Å². The molecule has 0 saturated heterocycles. The molecular formula is C19H15ClFN7O4S. The van der Waals surface area contributed by atoms with Gasteiger partial charge in [0.1, 0.15) is 0 Å². The van der Waals surface area contributed by atoms with E-state index in [2.05, 4.69) is 29.6 Å². The number of nitrogen functional groups attached to an aromatic ring is 1. The summed E-state index contributed by atoms with van der Waals surface area (Å²) in [6.45, 7) is 0. The molecular weight excluding hydrogens is 477 g/mol. The van der Waals surface area contributed by atoms with Crippen molar-refractivity contribution >= 4 is 44.4 Å². The van der Waals surface area contributed by atoms with Crippen molar-refractivity contribution in [2.24, 2.45) is 0 Å². The minimum absolute atomic E-state index is 0.0162. The zero-order chi connectivity index (χ0) is 23.8. The standard InChI is InChI=1S/C19H15ClFN7O4S/c1-31-17-12(5-9-7-25-19(22)27-15(9)26-17)11-3-4-23-16(14(11)21)28-33(29,30)13-6-10(20)8-24-18(13)32-2/h3-8H,1-2H3,(H,23,28)(H2,22,25,26,27). The molecule has 3 N–H and O–H groups in total. The number of nitrogens with zero attached hydrogens (tertiary/aromatic N) is 5. The Balaban J connectivity index is 1.81. The van der Waals surface area contributed by atoms with Gasteiger partial charge in [-0.2, -0.15) is 9.97 Å². The van der Waals surface area contributed by atoms with Gasteiger partial charge >= 0.3 is 0 Å². The Bertz CT molecular complexity index is 1490. The molecule has 0 bridgehead atoms. The summed E-state index contributed by atoms with van der Waals surface area (Å²) < 4.78 is 53.6. The van der Waals surface area contributed by atoms with Gasteiger partial charge in [-0.25, -0.2) is 27.8 Å². The van der Waals surface area contributed by atoms with Crippen molar-refractivity contribution in [1.82, 2.24) is 24.9 Å². The maximum absolute atomic E-state index is 15.4. The number of fused-ring (bicyclic) bond motifs is 1. The van der Waals surface area contributed by atoms with Crippen LogP contribution in [0.4, 0.5) is 16.2 Å². The number of anilines is 2. The van der Waals surface area contributed by atoms with Crippen molar-refractivity contribution in [1.29, 1.82) is 0 Å². The molecule has 0 aliphatic rings. The molecule has 11 nitrogen and oxygen atoms in total. The van der Waals surface area contributed by atoms with Crippen LogP contribution in [0.3, 0.4) is 0 Å². The summed E-state index contributed by atoms with van der Waals surface area (Å²) in [4.78, 5) is 19.4. The van der Waals surface area contributed by atoms with Gasteiger partial charge in [0.15, 0.2) is 22.2 Å². The van der Waals surface area contributed by atoms with E-state index in [4.69, 9.17) is 26.8 Å². The molecule has 0 saturated carbocycles. The minimum atomic E-state index is -4.36. The van der Waals surface area contributed by atoms with Crippen molar-refractivity contribution < 1.29 is 22.3 Å². The van der Waals surface area contributed by atoms with E-state index in [1.165, 1.54) is 38.9 Å². The molecule has 0 unspecified atom stereocenters. The topological polar surface area (TPSA) is 155 Å². The molecule has 0 amide bonds. The van der Waals surface area contributed by atoms with Gasteiger partial charge < -0.3 is 15.2 Å². The Labute approximate surface area is 191 Å². The van der Waals surface area contributed by atoms with E-state index in [0.717, 1.165) is 6.07 Å². The highest BCUT2D eigenvalue weighted by Gasteiger charge is 2.25. The fourth-order valence-corrected chi connectivity index (χ4v) is 4.35. The van der Waals surface area contributed by atoms with Gasteiger partial charge in [0.2, 0.25) is 17.7 Å². The SMILES string of the molecule is COc1nc2nc(N)ncc2cc1-c1ccnc(NS(=O)(=O)c2cc(Cl)cnc2OC)c1F. The van der Waals surface area contributed by atoms with E-state index in [9.17, 15) is 8.42 Å². The second-order valence-electron chi connectivity index (χ2n) is 6.47. The first-order valence-corrected chi connectivity index (χ1v) is 10.9. The van der Waals surface area contributed by atoms with Crippen LogP contribution in [0.1, 0.15) is 0 Å². The average molecular weight is 492 g/mol. The number of sulfonamides is 1. The molecule has 4 aromatic heterocycles. The van der Waals surface area contributed by atoms with Gasteiger partial charge in [-0.3, -0.25) is 4.72 Å². The Hall–Kier alpha value is -3.84. The van der Waals surface area contributed by atoms with Crippen LogP contribution >= 0.6 is 11.6 Å². The number of methoxy groups -OCH3 is 2. The fourth-order valence-electron chi connectivity index (χ4n) is 2.97. The number of ether oxygens (including phenoxy) is 2. The van der Waals surface area contributed by atoms with E-state index < -0.39 is 21.7 Å². The lowest BCUT2D eigenvalue weighted by Crippen LogP contribution is -2.17. The van der Waals surface area contributed by atoms with Crippen molar-refractivity contribution in [2.75, 3.05) is 24.7 Å². The Morgan fingerprint density at radius 1 is 1.03 bits per heavy atom. The molecule has 0 atom stereocenters. The van der Waals surface area contributed by atoms with Crippen LogP contribution in [0, 0.1) is 5.82 Å². The van der Waals surface area contributed by atoms with Gasteiger partial charge in [0.05, 0.1) is 19.2 Å². The predicted octanol–water partition coefficient (Wildman–Crippen LogP) is 2.67. The van der Waals surface area contributed by atoms with Crippen LogP contribution in [-0.4, -0.2) is 47.6 Å². The Morgan fingerprint density at radius 3 is 2.52 bits per heavy atom. The molecule has 33 heavy (non-hydrogen) atoms. The lowest BCUT2D eigenvalue weighted by Gasteiger charge is -2.14. The van der Waals surface area contributed by atoms with Gasteiger partial charge in [-0.05, 0) is 18.2 Å². The molecule has 4 aromatic rings. The molecule has 4 rings (SSSR count). The van der Waals surface area contributed by atoms with E-state index >= 15 is 4.39 Å². The number of aromatic nitrogens is 5. The molecule has 0 spiro atoms. The zero-order valence-corrected chi connectivity index (χ0v) is 18.6. The third-order valence-electron chi connectivity index (χ3n) is 4.42. The second-order valence-corrected chi connectivity index (χ2v) is 8.56. The monoisotopic (exact) mass is 491 g/mol. The lowest BCUT2D eigenvalue weighted by atomic mass is 10.1. The van der Waals surface area contributed by atoms with Crippen molar-refractivity contribution in [3.05, 3.63) is 47.6 Å². The zero-order valence-electron chi connectivity index (χ0n) is 17.1. The van der Waals surface area contributed by atoms with Crippen molar-refractivity contribution in [3.63, 3.8) is 0 Å². The smallest absolute Gasteiger partial charge is 0.268 e. The number of hydrogen-bond acceptors (Lipinski definition) is 10. The summed E-state index contributed by atoms with van der Waals surface area (Å²) in [5.41, 5.74) is 6.03. The highest BCUT2D eigenvalue weighted by atomic mass is 35.5. The Kier molecular flexibility index (Phi) is 5.82. The number of rotatable bonds is 6. The van der Waals surface area contributed by atoms with Gasteiger partial charge in [0.25, 0.3) is 10.0 Å². The van der Waals surface area contributed by atoms with Crippen LogP contribution in [0.15, 0.2) is 41.7 Å². The van der Waals surface area contributed by atoms with Crippen LogP contribution in [0.5, 0.6) is 11.8 Å². The molecule has 0 aliphatic heterocycles. The van der Waals surface area contributed by atoms with Crippen LogP contribution in [0.2, 0.25) is 5.02 Å². The average Bonchev–Trinajstić information content (AvgIpc) is 2.79. The quantitative estimate of drug-likeness (QED) is 0.411. The summed E-state index contributed by atoms with van der Waals surface area (Å²) in [7, 11) is -1.77. The maximum atomic E-state index is 15.4.